The van der Waals surface area contributed by atoms with Gasteiger partial charge in [-0.05, 0) is 6.07 Å². The first kappa shape index (κ1) is 18.4. The number of hydrogen-bond acceptors (Lipinski definition) is 2. The summed E-state index contributed by atoms with van der Waals surface area (Å²) < 4.78 is 112. The lowest BCUT2D eigenvalue weighted by Crippen LogP contribution is -2.09. The van der Waals surface area contributed by atoms with E-state index in [1.165, 1.54) is 0 Å². The van der Waals surface area contributed by atoms with Gasteiger partial charge in [0.05, 0.1) is 5.56 Å². The van der Waals surface area contributed by atoms with Crippen LogP contribution in [-0.4, -0.2) is 5.97 Å². The summed E-state index contributed by atoms with van der Waals surface area (Å²) >= 11 is 0. The van der Waals surface area contributed by atoms with E-state index >= 15 is 0 Å². The van der Waals surface area contributed by atoms with E-state index in [1.54, 1.807) is 0 Å². The minimum Gasteiger partial charge on any atom is -0.420 e. The first-order chi connectivity index (χ1) is 11.6. The lowest BCUT2D eigenvalue weighted by molar-refractivity contribution is -0.129. The van der Waals surface area contributed by atoms with Gasteiger partial charge in [0.2, 0.25) is 11.6 Å². The van der Waals surface area contributed by atoms with Crippen molar-refractivity contribution in [2.24, 2.45) is 0 Å². The number of hydrogen-bond donors (Lipinski definition) is 0. The summed E-state index contributed by atoms with van der Waals surface area (Å²) in [6.07, 6.45) is 0.499. The van der Waals surface area contributed by atoms with Crippen molar-refractivity contribution in [3.05, 3.63) is 65.3 Å². The molecular formula is C15H4F8O2. The van der Waals surface area contributed by atoms with E-state index in [4.69, 9.17) is 0 Å². The van der Waals surface area contributed by atoms with Crippen molar-refractivity contribution in [3.63, 3.8) is 0 Å². The molecular weight excluding hydrogens is 364 g/mol. The SMILES string of the molecule is C=CC(=O)Oc1cc(-c2c(F)c(F)c(F)c(F)c2F)c(F)c(F)c1F. The van der Waals surface area contributed by atoms with E-state index in [9.17, 15) is 39.9 Å². The predicted octanol–water partition coefficient (Wildman–Crippen LogP) is 4.56. The first-order valence-corrected chi connectivity index (χ1v) is 6.15. The largest absolute Gasteiger partial charge is 0.420 e. The smallest absolute Gasteiger partial charge is 0.335 e. The van der Waals surface area contributed by atoms with Crippen molar-refractivity contribution in [1.82, 2.24) is 0 Å². The second-order valence-corrected chi connectivity index (χ2v) is 4.43. The number of ether oxygens (including phenoxy) is 1. The number of halogens is 8. The highest BCUT2D eigenvalue weighted by atomic mass is 19.2. The zero-order valence-electron chi connectivity index (χ0n) is 11.7. The maximum Gasteiger partial charge on any atom is 0.335 e. The molecule has 0 saturated heterocycles. The Bertz CT molecular complexity index is 878. The summed E-state index contributed by atoms with van der Waals surface area (Å²) in [4.78, 5) is 11.0. The summed E-state index contributed by atoms with van der Waals surface area (Å²) in [5, 5.41) is 0. The van der Waals surface area contributed by atoms with Crippen molar-refractivity contribution in [3.8, 4) is 16.9 Å². The van der Waals surface area contributed by atoms with Gasteiger partial charge in [0.25, 0.3) is 0 Å². The fourth-order valence-electron chi connectivity index (χ4n) is 1.83. The molecule has 2 aromatic carbocycles. The predicted molar refractivity (Wildman–Crippen MR) is 67.4 cm³/mol. The highest BCUT2D eigenvalue weighted by Crippen LogP contribution is 2.37. The van der Waals surface area contributed by atoms with Gasteiger partial charge in [-0.1, -0.05) is 6.58 Å². The van der Waals surface area contributed by atoms with Crippen LogP contribution in [0, 0.1) is 46.5 Å². The monoisotopic (exact) mass is 368 g/mol. The third-order valence-corrected chi connectivity index (χ3v) is 2.97. The normalized spacial score (nSPS) is 10.7. The highest BCUT2D eigenvalue weighted by molar-refractivity contribution is 5.83. The highest BCUT2D eigenvalue weighted by Gasteiger charge is 2.31. The maximum atomic E-state index is 13.8. The number of benzene rings is 2. The Balaban J connectivity index is 2.85. The van der Waals surface area contributed by atoms with Crippen LogP contribution in [0.2, 0.25) is 0 Å². The van der Waals surface area contributed by atoms with E-state index in [0.29, 0.717) is 6.08 Å². The molecule has 0 N–H and O–H groups in total. The van der Waals surface area contributed by atoms with E-state index in [1.807, 2.05) is 0 Å². The van der Waals surface area contributed by atoms with Crippen molar-refractivity contribution < 1.29 is 44.7 Å². The van der Waals surface area contributed by atoms with Crippen LogP contribution in [0.25, 0.3) is 11.1 Å². The second-order valence-electron chi connectivity index (χ2n) is 4.43. The molecule has 0 unspecified atom stereocenters. The Hall–Kier alpha value is -2.91. The molecule has 0 aliphatic carbocycles. The molecule has 0 spiro atoms. The molecule has 10 heteroatoms. The number of carbonyl (C=O) groups excluding carboxylic acids is 1. The van der Waals surface area contributed by atoms with Crippen molar-refractivity contribution in [1.29, 1.82) is 0 Å². The van der Waals surface area contributed by atoms with Crippen LogP contribution >= 0.6 is 0 Å². The molecule has 0 fully saturated rings. The molecule has 132 valence electrons. The Kier molecular flexibility index (Phi) is 4.82. The molecule has 0 radical (unpaired) electrons. The molecule has 0 aliphatic heterocycles. The lowest BCUT2D eigenvalue weighted by atomic mass is 10.0. The van der Waals surface area contributed by atoms with E-state index < -0.39 is 69.4 Å². The van der Waals surface area contributed by atoms with Crippen LogP contribution < -0.4 is 4.74 Å². The van der Waals surface area contributed by atoms with Crippen LogP contribution in [-0.2, 0) is 4.79 Å². The van der Waals surface area contributed by atoms with Gasteiger partial charge in [-0.15, -0.1) is 0 Å². The van der Waals surface area contributed by atoms with Crippen molar-refractivity contribution >= 4 is 5.97 Å². The van der Waals surface area contributed by atoms with Crippen LogP contribution in [0.1, 0.15) is 0 Å². The molecule has 2 rings (SSSR count). The van der Waals surface area contributed by atoms with Gasteiger partial charge in [0.1, 0.15) is 0 Å². The van der Waals surface area contributed by atoms with Crippen LogP contribution in [0.5, 0.6) is 5.75 Å². The molecule has 2 aromatic rings. The molecule has 0 atom stereocenters. The fraction of sp³-hybridized carbons (Fsp3) is 0. The molecule has 25 heavy (non-hydrogen) atoms. The van der Waals surface area contributed by atoms with Crippen LogP contribution in [0.3, 0.4) is 0 Å². The van der Waals surface area contributed by atoms with Crippen molar-refractivity contribution in [2.75, 3.05) is 0 Å². The minimum atomic E-state index is -2.53. The van der Waals surface area contributed by atoms with Gasteiger partial charge in [0.15, 0.2) is 40.7 Å². The zero-order valence-corrected chi connectivity index (χ0v) is 11.7. The van der Waals surface area contributed by atoms with E-state index in [0.717, 1.165) is 0 Å². The maximum absolute atomic E-state index is 13.8. The molecule has 0 saturated carbocycles. The van der Waals surface area contributed by atoms with Gasteiger partial charge >= 0.3 is 5.97 Å². The average molecular weight is 368 g/mol. The Morgan fingerprint density at radius 1 is 0.760 bits per heavy atom. The molecule has 2 nitrogen and oxygen atoms in total. The quantitative estimate of drug-likeness (QED) is 0.198. The summed E-state index contributed by atoms with van der Waals surface area (Å²) in [6, 6.07) is 0.0768. The lowest BCUT2D eigenvalue weighted by Gasteiger charge is -2.12. The molecule has 0 bridgehead atoms. The molecule has 0 aliphatic rings. The second kappa shape index (κ2) is 6.54. The summed E-state index contributed by atoms with van der Waals surface area (Å²) in [6.45, 7) is 2.94. The molecule has 0 aromatic heterocycles. The van der Waals surface area contributed by atoms with Gasteiger partial charge in [-0.2, -0.15) is 4.39 Å². The van der Waals surface area contributed by atoms with Gasteiger partial charge < -0.3 is 4.74 Å². The van der Waals surface area contributed by atoms with Crippen molar-refractivity contribution in [2.45, 2.75) is 0 Å². The van der Waals surface area contributed by atoms with Gasteiger partial charge in [0, 0.05) is 11.6 Å². The van der Waals surface area contributed by atoms with Crippen LogP contribution in [0.15, 0.2) is 18.7 Å². The Labute approximate surface area is 133 Å². The number of rotatable bonds is 3. The third kappa shape index (κ3) is 2.94. The number of carbonyl (C=O) groups is 1. The minimum absolute atomic E-state index is 0.0768. The molecule has 0 amide bonds. The standard InChI is InChI=1S/C15H4F8O2/c1-2-6(24)25-5-3-4(8(16)12(20)9(5)17)7-10(18)13(21)15(23)14(22)11(7)19/h2-3H,1H2. The van der Waals surface area contributed by atoms with Crippen LogP contribution in [0.4, 0.5) is 35.1 Å². The molecule has 0 heterocycles. The zero-order chi connectivity index (χ0) is 19.0. The van der Waals surface area contributed by atoms with E-state index in [2.05, 4.69) is 11.3 Å². The van der Waals surface area contributed by atoms with Gasteiger partial charge in [-0.25, -0.2) is 35.5 Å². The Morgan fingerprint density at radius 3 is 1.68 bits per heavy atom. The fourth-order valence-corrected chi connectivity index (χ4v) is 1.83. The summed E-state index contributed by atoms with van der Waals surface area (Å²) in [7, 11) is 0. The number of esters is 1. The van der Waals surface area contributed by atoms with E-state index in [-0.39, 0.29) is 6.07 Å². The average Bonchev–Trinajstić information content (AvgIpc) is 2.59. The van der Waals surface area contributed by atoms with Gasteiger partial charge in [-0.3, -0.25) is 0 Å². The Morgan fingerprint density at radius 2 is 1.20 bits per heavy atom. The summed E-state index contributed by atoms with van der Waals surface area (Å²) in [5.74, 6) is -21.7. The summed E-state index contributed by atoms with van der Waals surface area (Å²) in [5.41, 5.74) is -3.40. The third-order valence-electron chi connectivity index (χ3n) is 2.97. The topological polar surface area (TPSA) is 26.3 Å². The first-order valence-electron chi connectivity index (χ1n) is 6.15.